The molecule has 2 atom stereocenters. The summed E-state index contributed by atoms with van der Waals surface area (Å²) in [6.07, 6.45) is 1.17. The van der Waals surface area contributed by atoms with Gasteiger partial charge in [0.25, 0.3) is 0 Å². The molecule has 0 amide bonds. The standard InChI is InChI=1S/C20H24O3/c1-3-15(2)14-23-18-11-9-17(10-12-18)19(13-20(21)22)16-7-5-4-6-8-16/h4-12,15,19H,3,13-14H2,1-2H3,(H,21,22)/t15-,19+/m0/s1. The van der Waals surface area contributed by atoms with Gasteiger partial charge in [-0.25, -0.2) is 0 Å². The summed E-state index contributed by atoms with van der Waals surface area (Å²) < 4.78 is 5.76. The van der Waals surface area contributed by atoms with Crippen molar-refractivity contribution in [3.63, 3.8) is 0 Å². The van der Waals surface area contributed by atoms with Crippen molar-refractivity contribution in [3.05, 3.63) is 65.7 Å². The van der Waals surface area contributed by atoms with Gasteiger partial charge in [0.1, 0.15) is 5.75 Å². The number of ether oxygens (including phenoxy) is 1. The maximum absolute atomic E-state index is 11.2. The summed E-state index contributed by atoms with van der Waals surface area (Å²) in [5.74, 6) is 0.420. The van der Waals surface area contributed by atoms with Gasteiger partial charge in [-0.3, -0.25) is 4.79 Å². The summed E-state index contributed by atoms with van der Waals surface area (Å²) in [5.41, 5.74) is 2.01. The number of benzene rings is 2. The smallest absolute Gasteiger partial charge is 0.304 e. The first-order valence-electron chi connectivity index (χ1n) is 8.09. The molecule has 0 saturated carbocycles. The highest BCUT2D eigenvalue weighted by Crippen LogP contribution is 2.29. The summed E-state index contributed by atoms with van der Waals surface area (Å²) in [7, 11) is 0. The number of aliphatic carboxylic acids is 1. The fraction of sp³-hybridized carbons (Fsp3) is 0.350. The second kappa shape index (κ2) is 8.37. The van der Waals surface area contributed by atoms with Crippen LogP contribution in [0.25, 0.3) is 0 Å². The summed E-state index contributed by atoms with van der Waals surface area (Å²) in [6, 6.07) is 17.5. The molecule has 0 saturated heterocycles. The van der Waals surface area contributed by atoms with Crippen LogP contribution in [0.1, 0.15) is 43.7 Å². The van der Waals surface area contributed by atoms with Crippen LogP contribution < -0.4 is 4.74 Å². The lowest BCUT2D eigenvalue weighted by Crippen LogP contribution is -2.09. The minimum absolute atomic E-state index is 0.0804. The van der Waals surface area contributed by atoms with Crippen LogP contribution in [0, 0.1) is 5.92 Å². The summed E-state index contributed by atoms with van der Waals surface area (Å²) >= 11 is 0. The molecule has 2 rings (SSSR count). The Kier molecular flexibility index (Phi) is 6.21. The number of hydrogen-bond donors (Lipinski definition) is 1. The van der Waals surface area contributed by atoms with Crippen LogP contribution in [0.15, 0.2) is 54.6 Å². The molecule has 2 aromatic rings. The van der Waals surface area contributed by atoms with Crippen molar-refractivity contribution in [3.8, 4) is 5.75 Å². The molecule has 3 nitrogen and oxygen atoms in total. The Labute approximate surface area is 137 Å². The number of carboxylic acid groups (broad SMARTS) is 1. The third-order valence-corrected chi connectivity index (χ3v) is 4.09. The van der Waals surface area contributed by atoms with E-state index in [0.29, 0.717) is 12.5 Å². The van der Waals surface area contributed by atoms with E-state index in [2.05, 4.69) is 13.8 Å². The quantitative estimate of drug-likeness (QED) is 0.767. The predicted molar refractivity (Wildman–Crippen MR) is 91.9 cm³/mol. The predicted octanol–water partition coefficient (Wildman–Crippen LogP) is 4.72. The molecule has 0 radical (unpaired) electrons. The van der Waals surface area contributed by atoms with E-state index in [9.17, 15) is 9.90 Å². The van der Waals surface area contributed by atoms with E-state index in [1.54, 1.807) is 0 Å². The highest BCUT2D eigenvalue weighted by atomic mass is 16.5. The Morgan fingerprint density at radius 3 is 2.22 bits per heavy atom. The maximum Gasteiger partial charge on any atom is 0.304 e. The van der Waals surface area contributed by atoms with Crippen LogP contribution in [-0.2, 0) is 4.79 Å². The molecule has 0 fully saturated rings. The Bertz CT molecular complexity index is 605. The maximum atomic E-state index is 11.2. The largest absolute Gasteiger partial charge is 0.493 e. The molecule has 3 heteroatoms. The average Bonchev–Trinajstić information content (AvgIpc) is 2.58. The van der Waals surface area contributed by atoms with Crippen LogP contribution in [0.5, 0.6) is 5.75 Å². The van der Waals surface area contributed by atoms with Gasteiger partial charge < -0.3 is 9.84 Å². The molecule has 1 N–H and O–H groups in total. The Balaban J connectivity index is 2.14. The van der Waals surface area contributed by atoms with Crippen LogP contribution in [0.4, 0.5) is 0 Å². The van der Waals surface area contributed by atoms with Gasteiger partial charge >= 0.3 is 5.97 Å². The molecule has 0 unspecified atom stereocenters. The first kappa shape index (κ1) is 17.1. The van der Waals surface area contributed by atoms with E-state index in [1.165, 1.54) is 0 Å². The Hall–Kier alpha value is -2.29. The molecule has 0 aliphatic rings. The van der Waals surface area contributed by atoms with E-state index in [1.807, 2.05) is 54.6 Å². The zero-order valence-corrected chi connectivity index (χ0v) is 13.7. The minimum atomic E-state index is -0.795. The van der Waals surface area contributed by atoms with E-state index < -0.39 is 5.97 Å². The van der Waals surface area contributed by atoms with E-state index in [0.717, 1.165) is 23.3 Å². The van der Waals surface area contributed by atoms with Gasteiger partial charge in [0.15, 0.2) is 0 Å². The van der Waals surface area contributed by atoms with Gasteiger partial charge in [-0.05, 0) is 29.2 Å². The van der Waals surface area contributed by atoms with Gasteiger partial charge in [-0.2, -0.15) is 0 Å². The zero-order valence-electron chi connectivity index (χ0n) is 13.7. The third kappa shape index (κ3) is 5.13. The normalized spacial score (nSPS) is 13.3. The van der Waals surface area contributed by atoms with Crippen LogP contribution in [0.2, 0.25) is 0 Å². The zero-order chi connectivity index (χ0) is 16.7. The van der Waals surface area contributed by atoms with E-state index >= 15 is 0 Å². The monoisotopic (exact) mass is 312 g/mol. The Morgan fingerprint density at radius 2 is 1.65 bits per heavy atom. The highest BCUT2D eigenvalue weighted by Gasteiger charge is 2.17. The summed E-state index contributed by atoms with van der Waals surface area (Å²) in [6.45, 7) is 5.01. The molecular weight excluding hydrogens is 288 g/mol. The molecule has 0 bridgehead atoms. The average molecular weight is 312 g/mol. The minimum Gasteiger partial charge on any atom is -0.493 e. The van der Waals surface area contributed by atoms with Gasteiger partial charge in [0.2, 0.25) is 0 Å². The summed E-state index contributed by atoms with van der Waals surface area (Å²) in [5, 5.41) is 9.21. The van der Waals surface area contributed by atoms with Gasteiger partial charge in [0.05, 0.1) is 13.0 Å². The topological polar surface area (TPSA) is 46.5 Å². The number of hydrogen-bond acceptors (Lipinski definition) is 2. The Morgan fingerprint density at radius 1 is 1.04 bits per heavy atom. The van der Waals surface area contributed by atoms with E-state index in [4.69, 9.17) is 4.74 Å². The van der Waals surface area contributed by atoms with Crippen molar-refractivity contribution in [2.24, 2.45) is 5.92 Å². The number of rotatable bonds is 8. The fourth-order valence-electron chi connectivity index (χ4n) is 2.44. The van der Waals surface area contributed by atoms with Crippen LogP contribution in [-0.4, -0.2) is 17.7 Å². The van der Waals surface area contributed by atoms with Gasteiger partial charge in [0, 0.05) is 5.92 Å². The van der Waals surface area contributed by atoms with Crippen LogP contribution >= 0.6 is 0 Å². The number of carbonyl (C=O) groups is 1. The second-order valence-electron chi connectivity index (χ2n) is 5.95. The molecule has 0 spiro atoms. The van der Waals surface area contributed by atoms with Crippen molar-refractivity contribution in [1.29, 1.82) is 0 Å². The lowest BCUT2D eigenvalue weighted by molar-refractivity contribution is -0.137. The van der Waals surface area contributed by atoms with Crippen LogP contribution in [0.3, 0.4) is 0 Å². The first-order valence-corrected chi connectivity index (χ1v) is 8.09. The third-order valence-electron chi connectivity index (χ3n) is 4.09. The molecule has 23 heavy (non-hydrogen) atoms. The molecule has 122 valence electrons. The molecular formula is C20H24O3. The molecule has 0 aliphatic carbocycles. The summed E-state index contributed by atoms with van der Waals surface area (Å²) in [4.78, 5) is 11.2. The number of carboxylic acids is 1. The fourth-order valence-corrected chi connectivity index (χ4v) is 2.44. The van der Waals surface area contributed by atoms with Crippen molar-refractivity contribution in [2.45, 2.75) is 32.6 Å². The SMILES string of the molecule is CC[C@H](C)COc1ccc([C@H](CC(=O)O)c2ccccc2)cc1. The van der Waals surface area contributed by atoms with Crippen molar-refractivity contribution in [1.82, 2.24) is 0 Å². The van der Waals surface area contributed by atoms with Gasteiger partial charge in [-0.15, -0.1) is 0 Å². The first-order chi connectivity index (χ1) is 11.1. The highest BCUT2D eigenvalue weighted by molar-refractivity contribution is 5.69. The van der Waals surface area contributed by atoms with Gasteiger partial charge in [-0.1, -0.05) is 62.7 Å². The molecule has 2 aromatic carbocycles. The van der Waals surface area contributed by atoms with Crippen molar-refractivity contribution >= 4 is 5.97 Å². The molecule has 0 heterocycles. The van der Waals surface area contributed by atoms with E-state index in [-0.39, 0.29) is 12.3 Å². The molecule has 0 aliphatic heterocycles. The van der Waals surface area contributed by atoms with Crippen molar-refractivity contribution in [2.75, 3.05) is 6.61 Å². The second-order valence-corrected chi connectivity index (χ2v) is 5.95. The van der Waals surface area contributed by atoms with Crippen molar-refractivity contribution < 1.29 is 14.6 Å². The lowest BCUT2D eigenvalue weighted by Gasteiger charge is -2.17. The molecule has 0 aromatic heterocycles. The lowest BCUT2D eigenvalue weighted by atomic mass is 9.88.